The zero-order chi connectivity index (χ0) is 16.2. The molecule has 0 radical (unpaired) electrons. The monoisotopic (exact) mass is 295 g/mol. The quantitative estimate of drug-likeness (QED) is 0.888. The maximum absolute atomic E-state index is 12.4. The van der Waals surface area contributed by atoms with Crippen molar-refractivity contribution in [3.05, 3.63) is 70.8 Å². The lowest BCUT2D eigenvalue weighted by atomic mass is 9.94. The summed E-state index contributed by atoms with van der Waals surface area (Å²) in [7, 11) is 0. The van der Waals surface area contributed by atoms with Gasteiger partial charge in [-0.15, -0.1) is 0 Å². The Hall–Kier alpha value is -2.09. The van der Waals surface area contributed by atoms with E-state index in [1.54, 1.807) is 0 Å². The van der Waals surface area contributed by atoms with Crippen LogP contribution in [0.15, 0.2) is 48.5 Å². The maximum atomic E-state index is 12.4. The Bertz CT molecular complexity index is 644. The van der Waals surface area contributed by atoms with Crippen LogP contribution in [-0.2, 0) is 17.6 Å². The molecule has 2 aromatic carbocycles. The summed E-state index contributed by atoms with van der Waals surface area (Å²) >= 11 is 0. The van der Waals surface area contributed by atoms with Gasteiger partial charge in [-0.1, -0.05) is 54.1 Å². The molecule has 0 fully saturated rings. The Morgan fingerprint density at radius 3 is 2.41 bits per heavy atom. The van der Waals surface area contributed by atoms with E-state index >= 15 is 0 Å². The molecular weight excluding hydrogens is 270 g/mol. The van der Waals surface area contributed by atoms with Crippen LogP contribution in [0.3, 0.4) is 0 Å². The fraction of sp³-hybridized carbons (Fsp3) is 0.350. The third-order valence-electron chi connectivity index (χ3n) is 3.82. The topological polar surface area (TPSA) is 29.1 Å². The van der Waals surface area contributed by atoms with Crippen LogP contribution in [0.25, 0.3) is 0 Å². The molecule has 2 rings (SSSR count). The van der Waals surface area contributed by atoms with E-state index < -0.39 is 0 Å². The largest absolute Gasteiger partial charge is 0.351 e. The number of hydrogen-bond acceptors (Lipinski definition) is 1. The smallest absolute Gasteiger partial charge is 0.224 e. The molecule has 22 heavy (non-hydrogen) atoms. The summed E-state index contributed by atoms with van der Waals surface area (Å²) in [5.74, 6) is 0.0784. The van der Waals surface area contributed by atoms with Gasteiger partial charge in [-0.05, 0) is 50.8 Å². The predicted octanol–water partition coefficient (Wildman–Crippen LogP) is 3.98. The van der Waals surface area contributed by atoms with E-state index in [0.717, 1.165) is 12.0 Å². The average molecular weight is 295 g/mol. The minimum Gasteiger partial charge on any atom is -0.351 e. The molecule has 0 saturated heterocycles. The van der Waals surface area contributed by atoms with Gasteiger partial charge in [-0.3, -0.25) is 4.79 Å². The van der Waals surface area contributed by atoms with Gasteiger partial charge >= 0.3 is 0 Å². The fourth-order valence-corrected chi connectivity index (χ4v) is 2.74. The summed E-state index contributed by atoms with van der Waals surface area (Å²) < 4.78 is 0. The molecule has 2 nitrogen and oxygen atoms in total. The Kier molecular flexibility index (Phi) is 5.02. The van der Waals surface area contributed by atoms with E-state index in [-0.39, 0.29) is 11.4 Å². The number of carbonyl (C=O) groups excluding carboxylic acids is 1. The van der Waals surface area contributed by atoms with Gasteiger partial charge in [0.25, 0.3) is 0 Å². The first-order chi connectivity index (χ1) is 10.4. The Morgan fingerprint density at radius 2 is 1.73 bits per heavy atom. The molecule has 1 N–H and O–H groups in total. The first kappa shape index (κ1) is 16.3. The summed E-state index contributed by atoms with van der Waals surface area (Å²) in [5, 5.41) is 3.16. The average Bonchev–Trinajstić information content (AvgIpc) is 2.42. The van der Waals surface area contributed by atoms with Crippen molar-refractivity contribution in [1.29, 1.82) is 0 Å². The van der Waals surface area contributed by atoms with Gasteiger partial charge in [0.05, 0.1) is 6.42 Å². The lowest BCUT2D eigenvalue weighted by molar-refractivity contribution is -0.122. The zero-order valence-electron chi connectivity index (χ0n) is 13.9. The number of nitrogens with one attached hydrogen (secondary N) is 1. The van der Waals surface area contributed by atoms with Crippen molar-refractivity contribution < 1.29 is 4.79 Å². The maximum Gasteiger partial charge on any atom is 0.224 e. The second-order valence-electron chi connectivity index (χ2n) is 6.70. The van der Waals surface area contributed by atoms with Crippen molar-refractivity contribution in [3.63, 3.8) is 0 Å². The normalized spacial score (nSPS) is 11.3. The fourth-order valence-electron chi connectivity index (χ4n) is 2.74. The highest BCUT2D eigenvalue weighted by Crippen LogP contribution is 2.15. The van der Waals surface area contributed by atoms with E-state index in [1.165, 1.54) is 16.7 Å². The van der Waals surface area contributed by atoms with Gasteiger partial charge in [0.2, 0.25) is 5.91 Å². The van der Waals surface area contributed by atoms with Crippen molar-refractivity contribution in [2.75, 3.05) is 0 Å². The van der Waals surface area contributed by atoms with Crippen LogP contribution in [0.2, 0.25) is 0 Å². The summed E-state index contributed by atoms with van der Waals surface area (Å²) in [5.41, 5.74) is 4.45. The van der Waals surface area contributed by atoms with Gasteiger partial charge in [0, 0.05) is 5.54 Å². The summed E-state index contributed by atoms with van der Waals surface area (Å²) in [6.45, 7) is 8.25. The lowest BCUT2D eigenvalue weighted by Crippen LogP contribution is -2.45. The molecule has 1 amide bonds. The predicted molar refractivity (Wildman–Crippen MR) is 92.0 cm³/mol. The second-order valence-corrected chi connectivity index (χ2v) is 6.70. The molecule has 0 spiro atoms. The Labute approximate surface area is 133 Å². The van der Waals surface area contributed by atoms with Gasteiger partial charge in [-0.2, -0.15) is 0 Å². The molecule has 0 aliphatic rings. The van der Waals surface area contributed by atoms with E-state index in [0.29, 0.717) is 6.42 Å². The number of carbonyl (C=O) groups is 1. The van der Waals surface area contributed by atoms with Crippen LogP contribution in [0.4, 0.5) is 0 Å². The van der Waals surface area contributed by atoms with Gasteiger partial charge in [0.1, 0.15) is 0 Å². The third kappa shape index (κ3) is 4.73. The second kappa shape index (κ2) is 6.78. The molecule has 0 heterocycles. The first-order valence-corrected chi connectivity index (χ1v) is 7.77. The molecule has 0 aliphatic carbocycles. The molecule has 2 aromatic rings. The number of aryl methyl sites for hydroxylation is 2. The van der Waals surface area contributed by atoms with Gasteiger partial charge in [-0.25, -0.2) is 0 Å². The van der Waals surface area contributed by atoms with Crippen LogP contribution in [0.5, 0.6) is 0 Å². The van der Waals surface area contributed by atoms with E-state index in [9.17, 15) is 4.79 Å². The molecular formula is C20H25NO. The Balaban J connectivity index is 2.00. The van der Waals surface area contributed by atoms with Crippen LogP contribution < -0.4 is 5.32 Å². The minimum atomic E-state index is -0.254. The van der Waals surface area contributed by atoms with E-state index in [4.69, 9.17) is 0 Å². The SMILES string of the molecule is Cc1ccc(C)c(CC(=O)NC(C)(C)Cc2ccccc2)c1. The van der Waals surface area contributed by atoms with E-state index in [1.807, 2.05) is 18.2 Å². The van der Waals surface area contributed by atoms with Gasteiger partial charge < -0.3 is 5.32 Å². The molecule has 0 saturated carbocycles. The Morgan fingerprint density at radius 1 is 1.05 bits per heavy atom. The van der Waals surface area contributed by atoms with Crippen LogP contribution in [0, 0.1) is 13.8 Å². The number of amides is 1. The molecule has 0 atom stereocenters. The number of benzene rings is 2. The van der Waals surface area contributed by atoms with Gasteiger partial charge in [0.15, 0.2) is 0 Å². The first-order valence-electron chi connectivity index (χ1n) is 7.77. The van der Waals surface area contributed by atoms with Crippen molar-refractivity contribution in [2.45, 2.75) is 46.1 Å². The molecule has 0 aliphatic heterocycles. The summed E-state index contributed by atoms with van der Waals surface area (Å²) in [4.78, 5) is 12.4. The van der Waals surface area contributed by atoms with Crippen molar-refractivity contribution in [1.82, 2.24) is 5.32 Å². The molecule has 2 heteroatoms. The highest BCUT2D eigenvalue weighted by Gasteiger charge is 2.21. The zero-order valence-corrected chi connectivity index (χ0v) is 13.9. The minimum absolute atomic E-state index is 0.0784. The lowest BCUT2D eigenvalue weighted by Gasteiger charge is -2.26. The van der Waals surface area contributed by atoms with Crippen molar-refractivity contribution in [2.24, 2.45) is 0 Å². The van der Waals surface area contributed by atoms with Crippen molar-refractivity contribution >= 4 is 5.91 Å². The summed E-state index contributed by atoms with van der Waals surface area (Å²) in [6.07, 6.45) is 1.26. The molecule has 116 valence electrons. The standard InChI is InChI=1S/C20H25NO/c1-15-10-11-16(2)18(12-15)13-19(22)21-20(3,4)14-17-8-6-5-7-9-17/h5-12H,13-14H2,1-4H3,(H,21,22). The molecule has 0 aromatic heterocycles. The molecule has 0 unspecified atom stereocenters. The third-order valence-corrected chi connectivity index (χ3v) is 3.82. The van der Waals surface area contributed by atoms with Crippen molar-refractivity contribution in [3.8, 4) is 0 Å². The van der Waals surface area contributed by atoms with Crippen LogP contribution in [0.1, 0.15) is 36.1 Å². The highest BCUT2D eigenvalue weighted by atomic mass is 16.1. The highest BCUT2D eigenvalue weighted by molar-refractivity contribution is 5.79. The summed E-state index contributed by atoms with van der Waals surface area (Å²) in [6, 6.07) is 16.5. The van der Waals surface area contributed by atoms with E-state index in [2.05, 4.69) is 63.3 Å². The number of hydrogen-bond donors (Lipinski definition) is 1. The molecule has 0 bridgehead atoms. The van der Waals surface area contributed by atoms with Crippen LogP contribution in [-0.4, -0.2) is 11.4 Å². The van der Waals surface area contributed by atoms with Crippen LogP contribution >= 0.6 is 0 Å². The number of rotatable bonds is 5.